The van der Waals surface area contributed by atoms with Gasteiger partial charge in [-0.05, 0) is 43.3 Å². The van der Waals surface area contributed by atoms with Crippen molar-refractivity contribution in [3.05, 3.63) is 22.4 Å². The molecule has 2 rings (SSSR count). The number of piperidine rings is 1. The predicted molar refractivity (Wildman–Crippen MR) is 80.2 cm³/mol. The summed E-state index contributed by atoms with van der Waals surface area (Å²) in [6, 6.07) is 5.60. The maximum atomic E-state index is 3.61. The van der Waals surface area contributed by atoms with Crippen LogP contribution >= 0.6 is 11.3 Å². The molecule has 18 heavy (non-hydrogen) atoms. The van der Waals surface area contributed by atoms with E-state index in [-0.39, 0.29) is 0 Å². The summed E-state index contributed by atoms with van der Waals surface area (Å²) in [6.45, 7) is 10.4. The molecular formula is C15H26N2S. The lowest BCUT2D eigenvalue weighted by molar-refractivity contribution is 0.136. The highest BCUT2D eigenvalue weighted by Crippen LogP contribution is 2.29. The molecule has 2 nitrogen and oxygen atoms in total. The Morgan fingerprint density at radius 3 is 2.67 bits per heavy atom. The normalized spacial score (nSPS) is 20.4. The summed E-state index contributed by atoms with van der Waals surface area (Å²) < 4.78 is 0. The zero-order valence-electron chi connectivity index (χ0n) is 11.9. The lowest BCUT2D eigenvalue weighted by atomic mass is 9.97. The Balaban J connectivity index is 2.00. The maximum Gasteiger partial charge on any atom is 0.0566 e. The monoisotopic (exact) mass is 266 g/mol. The van der Waals surface area contributed by atoms with Gasteiger partial charge in [-0.15, -0.1) is 11.3 Å². The summed E-state index contributed by atoms with van der Waals surface area (Å²) in [4.78, 5) is 4.18. The van der Waals surface area contributed by atoms with Gasteiger partial charge in [0.2, 0.25) is 0 Å². The summed E-state index contributed by atoms with van der Waals surface area (Å²) in [5.41, 5.74) is 0. The average Bonchev–Trinajstić information content (AvgIpc) is 2.85. The Labute approximate surface area is 115 Å². The van der Waals surface area contributed by atoms with Gasteiger partial charge in [0.15, 0.2) is 0 Å². The zero-order valence-corrected chi connectivity index (χ0v) is 12.7. The van der Waals surface area contributed by atoms with Gasteiger partial charge in [0.25, 0.3) is 0 Å². The Hall–Kier alpha value is -0.380. The molecule has 1 saturated heterocycles. The minimum absolute atomic E-state index is 0.566. The number of nitrogens with one attached hydrogen (secondary N) is 1. The van der Waals surface area contributed by atoms with E-state index in [0.29, 0.717) is 12.1 Å². The number of nitrogens with zero attached hydrogens (tertiary/aromatic N) is 1. The van der Waals surface area contributed by atoms with Gasteiger partial charge in [-0.2, -0.15) is 0 Å². The number of rotatable bonds is 5. The van der Waals surface area contributed by atoms with Gasteiger partial charge in [0.1, 0.15) is 0 Å². The first kappa shape index (κ1) is 14.0. The van der Waals surface area contributed by atoms with Gasteiger partial charge in [-0.25, -0.2) is 0 Å². The van der Waals surface area contributed by atoms with Crippen LogP contribution in [0.5, 0.6) is 0 Å². The Morgan fingerprint density at radius 1 is 1.39 bits per heavy atom. The molecule has 0 aliphatic carbocycles. The van der Waals surface area contributed by atoms with Crippen molar-refractivity contribution in [1.82, 2.24) is 10.2 Å². The van der Waals surface area contributed by atoms with Crippen molar-refractivity contribution in [2.75, 3.05) is 19.6 Å². The van der Waals surface area contributed by atoms with Crippen molar-refractivity contribution in [2.45, 2.75) is 45.7 Å². The van der Waals surface area contributed by atoms with E-state index >= 15 is 0 Å². The fraction of sp³-hybridized carbons (Fsp3) is 0.733. The van der Waals surface area contributed by atoms with Gasteiger partial charge in [0, 0.05) is 17.5 Å². The topological polar surface area (TPSA) is 15.3 Å². The minimum Gasteiger partial charge on any atom is -0.313 e. The van der Waals surface area contributed by atoms with Crippen molar-refractivity contribution in [3.63, 3.8) is 0 Å². The Morgan fingerprint density at radius 2 is 2.11 bits per heavy atom. The molecule has 1 unspecified atom stereocenters. The van der Waals surface area contributed by atoms with Gasteiger partial charge in [-0.3, -0.25) is 4.90 Å². The van der Waals surface area contributed by atoms with Crippen LogP contribution in [0.2, 0.25) is 0 Å². The fourth-order valence-electron chi connectivity index (χ4n) is 2.58. The number of likely N-dealkylation sites (tertiary alicyclic amines) is 1. The third-order valence-corrected chi connectivity index (χ3v) is 4.82. The van der Waals surface area contributed by atoms with Gasteiger partial charge >= 0.3 is 0 Å². The van der Waals surface area contributed by atoms with Crippen LogP contribution in [0.25, 0.3) is 0 Å². The highest BCUT2D eigenvalue weighted by Gasteiger charge is 2.25. The van der Waals surface area contributed by atoms with Crippen LogP contribution < -0.4 is 5.32 Å². The average molecular weight is 266 g/mol. The first-order valence-electron chi connectivity index (χ1n) is 7.17. The van der Waals surface area contributed by atoms with Crippen molar-refractivity contribution in [2.24, 2.45) is 5.92 Å². The Kier molecular flexibility index (Phi) is 5.22. The van der Waals surface area contributed by atoms with Crippen molar-refractivity contribution in [3.8, 4) is 0 Å². The summed E-state index contributed by atoms with van der Waals surface area (Å²) in [5.74, 6) is 0.906. The van der Waals surface area contributed by atoms with E-state index in [2.05, 4.69) is 48.5 Å². The zero-order chi connectivity index (χ0) is 13.0. The standard InChI is InChI=1S/C15H26N2S/c1-12(2)16-11-14(15-5-4-10-18-15)17-8-6-13(3)7-9-17/h4-5,10,12-14,16H,6-9,11H2,1-3H3. The molecule has 102 valence electrons. The van der Waals surface area contributed by atoms with Crippen LogP contribution in [0, 0.1) is 5.92 Å². The van der Waals surface area contributed by atoms with Crippen LogP contribution in [0.1, 0.15) is 44.5 Å². The maximum absolute atomic E-state index is 3.61. The first-order chi connectivity index (χ1) is 8.66. The molecule has 1 fully saturated rings. The minimum atomic E-state index is 0.566. The Bertz CT molecular complexity index is 326. The van der Waals surface area contributed by atoms with Crippen LogP contribution in [0.15, 0.2) is 17.5 Å². The molecule has 1 aromatic rings. The summed E-state index contributed by atoms with van der Waals surface area (Å²) in [6.07, 6.45) is 2.70. The number of hydrogen-bond donors (Lipinski definition) is 1. The first-order valence-corrected chi connectivity index (χ1v) is 8.05. The van der Waals surface area contributed by atoms with E-state index in [1.807, 2.05) is 11.3 Å². The van der Waals surface area contributed by atoms with E-state index in [1.165, 1.54) is 30.8 Å². The van der Waals surface area contributed by atoms with Crippen LogP contribution in [0.3, 0.4) is 0 Å². The molecule has 0 radical (unpaired) electrons. The number of hydrogen-bond acceptors (Lipinski definition) is 3. The lowest BCUT2D eigenvalue weighted by Gasteiger charge is -2.36. The highest BCUT2D eigenvalue weighted by molar-refractivity contribution is 7.10. The molecule has 1 atom stereocenters. The predicted octanol–water partition coefficient (Wildman–Crippen LogP) is 3.52. The van der Waals surface area contributed by atoms with Crippen LogP contribution in [-0.4, -0.2) is 30.6 Å². The second-order valence-corrected chi connectivity index (χ2v) is 6.79. The number of thiophene rings is 1. The molecule has 0 amide bonds. The fourth-order valence-corrected chi connectivity index (χ4v) is 3.44. The van der Waals surface area contributed by atoms with Gasteiger partial charge < -0.3 is 5.32 Å². The molecular weight excluding hydrogens is 240 g/mol. The molecule has 1 aliphatic rings. The molecule has 0 spiro atoms. The highest BCUT2D eigenvalue weighted by atomic mass is 32.1. The third-order valence-electron chi connectivity index (χ3n) is 3.85. The lowest BCUT2D eigenvalue weighted by Crippen LogP contribution is -2.41. The summed E-state index contributed by atoms with van der Waals surface area (Å²) in [5, 5.41) is 5.81. The summed E-state index contributed by atoms with van der Waals surface area (Å²) >= 11 is 1.90. The quantitative estimate of drug-likeness (QED) is 0.877. The van der Waals surface area contributed by atoms with E-state index < -0.39 is 0 Å². The second-order valence-electron chi connectivity index (χ2n) is 5.81. The molecule has 2 heterocycles. The van der Waals surface area contributed by atoms with Crippen molar-refractivity contribution in [1.29, 1.82) is 0 Å². The van der Waals surface area contributed by atoms with E-state index in [0.717, 1.165) is 12.5 Å². The van der Waals surface area contributed by atoms with Crippen LogP contribution in [0.4, 0.5) is 0 Å². The SMILES string of the molecule is CC1CCN(C(CNC(C)C)c2cccs2)CC1. The van der Waals surface area contributed by atoms with Crippen molar-refractivity contribution < 1.29 is 0 Å². The second kappa shape index (κ2) is 6.69. The van der Waals surface area contributed by atoms with E-state index in [9.17, 15) is 0 Å². The van der Waals surface area contributed by atoms with E-state index in [1.54, 1.807) is 0 Å². The summed E-state index contributed by atoms with van der Waals surface area (Å²) in [7, 11) is 0. The molecule has 1 aromatic heterocycles. The van der Waals surface area contributed by atoms with E-state index in [4.69, 9.17) is 0 Å². The van der Waals surface area contributed by atoms with Crippen LogP contribution in [-0.2, 0) is 0 Å². The van der Waals surface area contributed by atoms with Gasteiger partial charge in [0.05, 0.1) is 6.04 Å². The molecule has 1 N–H and O–H groups in total. The van der Waals surface area contributed by atoms with Gasteiger partial charge in [-0.1, -0.05) is 26.8 Å². The molecule has 0 aromatic carbocycles. The molecule has 0 saturated carbocycles. The van der Waals surface area contributed by atoms with Crippen molar-refractivity contribution >= 4 is 11.3 Å². The smallest absolute Gasteiger partial charge is 0.0566 e. The molecule has 3 heteroatoms. The molecule has 1 aliphatic heterocycles. The molecule has 0 bridgehead atoms. The third kappa shape index (κ3) is 3.81. The largest absolute Gasteiger partial charge is 0.313 e.